The zero-order chi connectivity index (χ0) is 13.9. The molecule has 0 spiro atoms. The minimum Gasteiger partial charge on any atom is -0.328 e. The molecule has 0 bridgehead atoms. The Hall–Kier alpha value is -2.50. The van der Waals surface area contributed by atoms with Crippen molar-refractivity contribution in [1.82, 2.24) is 24.7 Å². The number of nitrogens with one attached hydrogen (secondary N) is 1. The molecule has 102 valence electrons. The van der Waals surface area contributed by atoms with Gasteiger partial charge in [-0.3, -0.25) is 9.89 Å². The molecule has 6 heteroatoms. The van der Waals surface area contributed by atoms with E-state index in [0.29, 0.717) is 0 Å². The molecule has 6 nitrogen and oxygen atoms in total. The summed E-state index contributed by atoms with van der Waals surface area (Å²) in [5.74, 6) is 0.949. The van der Waals surface area contributed by atoms with Crippen LogP contribution in [0.25, 0.3) is 11.0 Å². The Morgan fingerprint density at radius 2 is 2.20 bits per heavy atom. The number of para-hydroxylation sites is 2. The summed E-state index contributed by atoms with van der Waals surface area (Å²) >= 11 is 0. The van der Waals surface area contributed by atoms with Crippen molar-refractivity contribution in [3.63, 3.8) is 0 Å². The van der Waals surface area contributed by atoms with E-state index in [0.717, 1.165) is 29.8 Å². The van der Waals surface area contributed by atoms with Crippen molar-refractivity contribution >= 4 is 16.8 Å². The second kappa shape index (κ2) is 5.24. The first-order valence-corrected chi connectivity index (χ1v) is 6.62. The van der Waals surface area contributed by atoms with E-state index in [9.17, 15) is 4.79 Å². The van der Waals surface area contributed by atoms with Gasteiger partial charge < -0.3 is 4.57 Å². The average molecular weight is 269 g/mol. The molecule has 1 N–H and O–H groups in total. The summed E-state index contributed by atoms with van der Waals surface area (Å²) in [5.41, 5.74) is 1.98. The number of aromatic nitrogens is 5. The summed E-state index contributed by atoms with van der Waals surface area (Å²) in [6.45, 7) is 2.95. The van der Waals surface area contributed by atoms with Crippen LogP contribution in [0.2, 0.25) is 0 Å². The second-order valence-electron chi connectivity index (χ2n) is 4.60. The number of carbonyl (C=O) groups is 1. The molecule has 0 saturated heterocycles. The molecule has 0 aliphatic heterocycles. The van der Waals surface area contributed by atoms with Gasteiger partial charge >= 0.3 is 0 Å². The number of benzene rings is 1. The average Bonchev–Trinajstić information content (AvgIpc) is 3.08. The Kier molecular flexibility index (Phi) is 3.28. The number of imidazole rings is 1. The van der Waals surface area contributed by atoms with Gasteiger partial charge in [-0.2, -0.15) is 5.10 Å². The van der Waals surface area contributed by atoms with E-state index in [1.807, 2.05) is 24.3 Å². The fourth-order valence-electron chi connectivity index (χ4n) is 2.30. The van der Waals surface area contributed by atoms with Crippen molar-refractivity contribution < 1.29 is 4.79 Å². The van der Waals surface area contributed by atoms with E-state index in [-0.39, 0.29) is 18.0 Å². The number of carbonyl (C=O) groups excluding carboxylic acids is 1. The summed E-state index contributed by atoms with van der Waals surface area (Å²) in [5, 5.41) is 6.30. The topological polar surface area (TPSA) is 76.5 Å². The Bertz CT molecular complexity index is 729. The van der Waals surface area contributed by atoms with Gasteiger partial charge in [-0.1, -0.05) is 19.1 Å². The zero-order valence-electron chi connectivity index (χ0n) is 11.2. The lowest BCUT2D eigenvalue weighted by Crippen LogP contribution is -2.11. The van der Waals surface area contributed by atoms with Crippen LogP contribution in [-0.4, -0.2) is 30.5 Å². The molecule has 0 fully saturated rings. The van der Waals surface area contributed by atoms with E-state index in [4.69, 9.17) is 0 Å². The quantitative estimate of drug-likeness (QED) is 0.719. The van der Waals surface area contributed by atoms with E-state index in [2.05, 4.69) is 31.7 Å². The summed E-state index contributed by atoms with van der Waals surface area (Å²) in [7, 11) is 0. The number of hydrogen-bond donors (Lipinski definition) is 1. The van der Waals surface area contributed by atoms with Crippen LogP contribution in [0.15, 0.2) is 30.6 Å². The molecule has 3 aromatic rings. The monoisotopic (exact) mass is 269 g/mol. The van der Waals surface area contributed by atoms with Crippen LogP contribution in [0, 0.1) is 0 Å². The largest absolute Gasteiger partial charge is 0.328 e. The predicted octanol–water partition coefficient (Wildman–Crippen LogP) is 1.99. The maximum atomic E-state index is 12.1. The van der Waals surface area contributed by atoms with Crippen LogP contribution >= 0.6 is 0 Å². The van der Waals surface area contributed by atoms with E-state index in [1.54, 1.807) is 0 Å². The first kappa shape index (κ1) is 12.5. The number of H-pyrrole nitrogens is 1. The fraction of sp³-hybridized carbons (Fsp3) is 0.286. The number of fused-ring (bicyclic) bond motifs is 1. The molecule has 20 heavy (non-hydrogen) atoms. The van der Waals surface area contributed by atoms with Gasteiger partial charge in [-0.15, -0.1) is 0 Å². The molecule has 0 atom stereocenters. The third-order valence-electron chi connectivity index (χ3n) is 3.18. The van der Waals surface area contributed by atoms with Gasteiger partial charge in [0.25, 0.3) is 0 Å². The zero-order valence-corrected chi connectivity index (χ0v) is 11.2. The smallest absolute Gasteiger partial charge is 0.207 e. The van der Waals surface area contributed by atoms with E-state index >= 15 is 0 Å². The Labute approximate surface area is 115 Å². The molecule has 2 heterocycles. The lowest BCUT2D eigenvalue weighted by atomic mass is 10.2. The fourth-order valence-corrected chi connectivity index (χ4v) is 2.30. The molecule has 3 rings (SSSR count). The summed E-state index contributed by atoms with van der Waals surface area (Å²) < 4.78 is 2.10. The van der Waals surface area contributed by atoms with Crippen molar-refractivity contribution in [1.29, 1.82) is 0 Å². The third kappa shape index (κ3) is 2.20. The van der Waals surface area contributed by atoms with Crippen LogP contribution in [0.1, 0.15) is 29.8 Å². The number of ketones is 1. The first-order valence-electron chi connectivity index (χ1n) is 6.62. The number of rotatable bonds is 5. The van der Waals surface area contributed by atoms with Gasteiger partial charge in [0.05, 0.1) is 17.5 Å². The lowest BCUT2D eigenvalue weighted by Gasteiger charge is -2.06. The summed E-state index contributed by atoms with van der Waals surface area (Å²) in [4.78, 5) is 20.6. The Morgan fingerprint density at radius 1 is 1.35 bits per heavy atom. The molecule has 0 amide bonds. The van der Waals surface area contributed by atoms with Crippen LogP contribution in [-0.2, 0) is 13.0 Å². The van der Waals surface area contributed by atoms with Crippen molar-refractivity contribution in [2.75, 3.05) is 0 Å². The lowest BCUT2D eigenvalue weighted by molar-refractivity contribution is 0.0980. The third-order valence-corrected chi connectivity index (χ3v) is 3.18. The van der Waals surface area contributed by atoms with Crippen LogP contribution in [0.4, 0.5) is 0 Å². The molecule has 0 aliphatic rings. The highest BCUT2D eigenvalue weighted by molar-refractivity contribution is 5.94. The Morgan fingerprint density at radius 3 is 2.95 bits per heavy atom. The molecule has 1 aromatic carbocycles. The molecular formula is C14H15N5O. The van der Waals surface area contributed by atoms with Crippen molar-refractivity contribution in [2.45, 2.75) is 26.3 Å². The highest BCUT2D eigenvalue weighted by atomic mass is 16.1. The molecule has 2 aromatic heterocycles. The minimum absolute atomic E-state index is 0.102. The molecule has 0 unspecified atom stereocenters. The second-order valence-corrected chi connectivity index (χ2v) is 4.60. The normalized spacial score (nSPS) is 11.1. The Balaban J connectivity index is 1.98. The molecule has 0 radical (unpaired) electrons. The van der Waals surface area contributed by atoms with Crippen molar-refractivity contribution in [2.24, 2.45) is 0 Å². The van der Waals surface area contributed by atoms with E-state index < -0.39 is 0 Å². The minimum atomic E-state index is -0.102. The van der Waals surface area contributed by atoms with E-state index in [1.165, 1.54) is 6.33 Å². The molecule has 0 saturated carbocycles. The number of aryl methyl sites for hydroxylation is 1. The number of nitrogens with zero attached hydrogens (tertiary/aromatic N) is 4. The highest BCUT2D eigenvalue weighted by Crippen LogP contribution is 2.17. The number of hydrogen-bond acceptors (Lipinski definition) is 4. The van der Waals surface area contributed by atoms with Gasteiger partial charge in [-0.05, 0) is 18.6 Å². The molecular weight excluding hydrogens is 254 g/mol. The maximum absolute atomic E-state index is 12.1. The highest BCUT2D eigenvalue weighted by Gasteiger charge is 2.16. The van der Waals surface area contributed by atoms with Gasteiger partial charge in [0.15, 0.2) is 5.82 Å². The number of Topliss-reactive ketones (excluding diaryl/α,β-unsaturated/α-hetero) is 1. The SMILES string of the molecule is CCCn1c(CC(=O)c2ncn[nH]2)nc2ccccc21. The summed E-state index contributed by atoms with van der Waals surface area (Å²) in [6, 6.07) is 7.93. The molecule has 0 aliphatic carbocycles. The van der Waals surface area contributed by atoms with Gasteiger partial charge in [0.1, 0.15) is 12.2 Å². The summed E-state index contributed by atoms with van der Waals surface area (Å²) in [6.07, 6.45) is 2.55. The van der Waals surface area contributed by atoms with Gasteiger partial charge in [0, 0.05) is 6.54 Å². The van der Waals surface area contributed by atoms with Crippen LogP contribution in [0.3, 0.4) is 0 Å². The van der Waals surface area contributed by atoms with Crippen molar-refractivity contribution in [3.8, 4) is 0 Å². The number of aromatic amines is 1. The standard InChI is InChI=1S/C14H15N5O/c1-2-7-19-11-6-4-3-5-10(11)17-13(19)8-12(20)14-15-9-16-18-14/h3-6,9H,2,7-8H2,1H3,(H,15,16,18). The van der Waals surface area contributed by atoms with Gasteiger partial charge in [-0.25, -0.2) is 9.97 Å². The van der Waals surface area contributed by atoms with Gasteiger partial charge in [0.2, 0.25) is 5.78 Å². The maximum Gasteiger partial charge on any atom is 0.207 e. The van der Waals surface area contributed by atoms with Crippen LogP contribution < -0.4 is 0 Å². The predicted molar refractivity (Wildman–Crippen MR) is 74.4 cm³/mol. The van der Waals surface area contributed by atoms with Crippen molar-refractivity contribution in [3.05, 3.63) is 42.2 Å². The first-order chi connectivity index (χ1) is 9.79. The van der Waals surface area contributed by atoms with Crippen LogP contribution in [0.5, 0.6) is 0 Å².